The number of hydrogen-bond donors (Lipinski definition) is 3. The summed E-state index contributed by atoms with van der Waals surface area (Å²) in [5.74, 6) is -0.467. The van der Waals surface area contributed by atoms with Gasteiger partial charge in [0.1, 0.15) is 0 Å². The number of benzene rings is 1. The van der Waals surface area contributed by atoms with Crippen molar-refractivity contribution in [3.8, 4) is 0 Å². The summed E-state index contributed by atoms with van der Waals surface area (Å²) in [5, 5.41) is 5.95. The van der Waals surface area contributed by atoms with Gasteiger partial charge in [-0.1, -0.05) is 31.4 Å². The second-order valence-electron chi connectivity index (χ2n) is 7.49. The molecular formula is C20H30N4O3. The van der Waals surface area contributed by atoms with Gasteiger partial charge in [0.25, 0.3) is 0 Å². The average Bonchev–Trinajstić information content (AvgIpc) is 2.72. The van der Waals surface area contributed by atoms with Gasteiger partial charge in [-0.15, -0.1) is 0 Å². The molecule has 0 aromatic heterocycles. The third-order valence-electron chi connectivity index (χ3n) is 5.71. The number of urea groups is 1. The van der Waals surface area contributed by atoms with Gasteiger partial charge in [0, 0.05) is 37.3 Å². The van der Waals surface area contributed by atoms with Crippen molar-refractivity contribution in [3.63, 3.8) is 0 Å². The maximum Gasteiger partial charge on any atom is 0.315 e. The lowest BCUT2D eigenvalue weighted by Crippen LogP contribution is -2.60. The number of carbonyl (C=O) groups is 2. The molecule has 0 spiro atoms. The second-order valence-corrected chi connectivity index (χ2v) is 7.49. The summed E-state index contributed by atoms with van der Waals surface area (Å²) in [7, 11) is 0. The summed E-state index contributed by atoms with van der Waals surface area (Å²) in [4.78, 5) is 26.1. The van der Waals surface area contributed by atoms with Gasteiger partial charge >= 0.3 is 6.03 Å². The lowest BCUT2D eigenvalue weighted by molar-refractivity contribution is -0.0357. The van der Waals surface area contributed by atoms with Crippen LogP contribution in [0.4, 0.5) is 4.79 Å². The Morgan fingerprint density at radius 3 is 2.56 bits per heavy atom. The summed E-state index contributed by atoms with van der Waals surface area (Å²) >= 11 is 0. The minimum atomic E-state index is -0.467. The largest absolute Gasteiger partial charge is 0.379 e. The monoisotopic (exact) mass is 374 g/mol. The van der Waals surface area contributed by atoms with Crippen LogP contribution in [0.3, 0.4) is 0 Å². The average molecular weight is 374 g/mol. The standard InChI is InChI=1S/C20H30N4O3/c21-18(25)17-6-4-5-16(13-17)14-22-19(26)23-15-20(7-2-1-3-8-20)24-9-11-27-12-10-24/h4-6,13H,1-3,7-12,14-15H2,(H2,21,25)(H2,22,23,26). The second kappa shape index (κ2) is 9.19. The van der Waals surface area contributed by atoms with Crippen molar-refractivity contribution in [2.75, 3.05) is 32.8 Å². The Balaban J connectivity index is 1.53. The van der Waals surface area contributed by atoms with Crippen molar-refractivity contribution < 1.29 is 14.3 Å². The van der Waals surface area contributed by atoms with E-state index in [-0.39, 0.29) is 11.6 Å². The number of nitrogens with zero attached hydrogens (tertiary/aromatic N) is 1. The molecule has 1 aliphatic carbocycles. The summed E-state index contributed by atoms with van der Waals surface area (Å²) < 4.78 is 5.50. The quantitative estimate of drug-likeness (QED) is 0.705. The molecule has 2 aliphatic rings. The first-order chi connectivity index (χ1) is 13.1. The van der Waals surface area contributed by atoms with Crippen molar-refractivity contribution in [3.05, 3.63) is 35.4 Å². The normalized spacial score (nSPS) is 20.0. The van der Waals surface area contributed by atoms with Crippen molar-refractivity contribution in [1.82, 2.24) is 15.5 Å². The van der Waals surface area contributed by atoms with Gasteiger partial charge in [-0.05, 0) is 30.5 Å². The molecule has 2 fully saturated rings. The predicted molar refractivity (Wildman–Crippen MR) is 103 cm³/mol. The number of morpholine rings is 1. The Kier molecular flexibility index (Phi) is 6.68. The zero-order valence-electron chi connectivity index (χ0n) is 15.8. The number of amides is 3. The molecule has 4 N–H and O–H groups in total. The Morgan fingerprint density at radius 1 is 1.11 bits per heavy atom. The van der Waals surface area contributed by atoms with Crippen LogP contribution in [0.25, 0.3) is 0 Å². The molecule has 0 unspecified atom stereocenters. The number of nitrogens with one attached hydrogen (secondary N) is 2. The van der Waals surface area contributed by atoms with Gasteiger partial charge in [-0.25, -0.2) is 4.79 Å². The highest BCUT2D eigenvalue weighted by molar-refractivity contribution is 5.92. The fraction of sp³-hybridized carbons (Fsp3) is 0.600. The third-order valence-corrected chi connectivity index (χ3v) is 5.71. The molecule has 0 atom stereocenters. The Morgan fingerprint density at radius 2 is 1.85 bits per heavy atom. The first-order valence-electron chi connectivity index (χ1n) is 9.82. The molecule has 3 rings (SSSR count). The fourth-order valence-electron chi connectivity index (χ4n) is 4.18. The Bertz CT molecular complexity index is 652. The molecule has 0 radical (unpaired) electrons. The zero-order valence-corrected chi connectivity index (χ0v) is 15.8. The Labute approximate surface area is 160 Å². The first-order valence-corrected chi connectivity index (χ1v) is 9.82. The molecule has 1 saturated carbocycles. The Hall–Kier alpha value is -2.12. The molecule has 148 valence electrons. The highest BCUT2D eigenvalue weighted by Gasteiger charge is 2.38. The molecule has 1 heterocycles. The molecule has 1 saturated heterocycles. The third kappa shape index (κ3) is 5.20. The molecule has 3 amide bonds. The van der Waals surface area contributed by atoms with E-state index in [0.29, 0.717) is 18.7 Å². The molecule has 0 bridgehead atoms. The maximum atomic E-state index is 12.3. The fourth-order valence-corrected chi connectivity index (χ4v) is 4.18. The van der Waals surface area contributed by atoms with Crippen LogP contribution in [-0.4, -0.2) is 55.2 Å². The number of rotatable bonds is 6. The van der Waals surface area contributed by atoms with E-state index in [9.17, 15) is 9.59 Å². The van der Waals surface area contributed by atoms with Gasteiger partial charge in [-0.2, -0.15) is 0 Å². The van der Waals surface area contributed by atoms with Gasteiger partial charge in [0.2, 0.25) is 5.91 Å². The van der Waals surface area contributed by atoms with E-state index in [1.807, 2.05) is 6.07 Å². The minimum Gasteiger partial charge on any atom is -0.379 e. The number of carbonyl (C=O) groups excluding carboxylic acids is 2. The number of nitrogens with two attached hydrogens (primary N) is 1. The lowest BCUT2D eigenvalue weighted by Gasteiger charge is -2.48. The van der Waals surface area contributed by atoms with Crippen LogP contribution in [-0.2, 0) is 11.3 Å². The number of hydrogen-bond acceptors (Lipinski definition) is 4. The molecular weight excluding hydrogens is 344 g/mol. The summed E-state index contributed by atoms with van der Waals surface area (Å²) in [6, 6.07) is 6.82. The molecule has 27 heavy (non-hydrogen) atoms. The maximum absolute atomic E-state index is 12.3. The van der Waals surface area contributed by atoms with Crippen molar-refractivity contribution >= 4 is 11.9 Å². The van der Waals surface area contributed by atoms with Crippen molar-refractivity contribution in [1.29, 1.82) is 0 Å². The van der Waals surface area contributed by atoms with E-state index in [4.69, 9.17) is 10.5 Å². The van der Waals surface area contributed by atoms with Gasteiger partial charge in [0.05, 0.1) is 13.2 Å². The predicted octanol–water partition coefficient (Wildman–Crippen LogP) is 1.62. The highest BCUT2D eigenvalue weighted by Crippen LogP contribution is 2.33. The van der Waals surface area contributed by atoms with E-state index in [0.717, 1.165) is 44.7 Å². The number of primary amides is 1. The number of ether oxygens (including phenoxy) is 1. The highest BCUT2D eigenvalue weighted by atomic mass is 16.5. The summed E-state index contributed by atoms with van der Waals surface area (Å²) in [6.07, 6.45) is 5.93. The smallest absolute Gasteiger partial charge is 0.315 e. The topological polar surface area (TPSA) is 96.7 Å². The van der Waals surface area contributed by atoms with E-state index in [2.05, 4.69) is 15.5 Å². The van der Waals surface area contributed by atoms with E-state index in [1.165, 1.54) is 19.3 Å². The van der Waals surface area contributed by atoms with Crippen LogP contribution in [0.15, 0.2) is 24.3 Å². The molecule has 1 aliphatic heterocycles. The first kappa shape index (κ1) is 19.6. The SMILES string of the molecule is NC(=O)c1cccc(CNC(=O)NCC2(N3CCOCC3)CCCCC2)c1. The summed E-state index contributed by atoms with van der Waals surface area (Å²) in [6.45, 7) is 4.42. The van der Waals surface area contributed by atoms with Gasteiger partial charge < -0.3 is 21.1 Å². The van der Waals surface area contributed by atoms with E-state index in [1.54, 1.807) is 18.2 Å². The van der Waals surface area contributed by atoms with Crippen molar-refractivity contribution in [2.45, 2.75) is 44.2 Å². The summed E-state index contributed by atoms with van der Waals surface area (Å²) in [5.41, 5.74) is 6.65. The van der Waals surface area contributed by atoms with Crippen LogP contribution >= 0.6 is 0 Å². The van der Waals surface area contributed by atoms with Crippen LogP contribution in [0.1, 0.15) is 48.0 Å². The van der Waals surface area contributed by atoms with Crippen LogP contribution in [0.2, 0.25) is 0 Å². The van der Waals surface area contributed by atoms with E-state index < -0.39 is 5.91 Å². The van der Waals surface area contributed by atoms with Crippen LogP contribution in [0, 0.1) is 0 Å². The molecule has 1 aromatic carbocycles. The van der Waals surface area contributed by atoms with Crippen LogP contribution in [0.5, 0.6) is 0 Å². The minimum absolute atomic E-state index is 0.0469. The molecule has 7 heteroatoms. The lowest BCUT2D eigenvalue weighted by atomic mass is 9.80. The van der Waals surface area contributed by atoms with E-state index >= 15 is 0 Å². The zero-order chi connectivity index (χ0) is 19.1. The van der Waals surface area contributed by atoms with Crippen LogP contribution < -0.4 is 16.4 Å². The van der Waals surface area contributed by atoms with Gasteiger partial charge in [0.15, 0.2) is 0 Å². The molecule has 1 aromatic rings. The van der Waals surface area contributed by atoms with Crippen molar-refractivity contribution in [2.24, 2.45) is 5.73 Å². The van der Waals surface area contributed by atoms with Gasteiger partial charge in [-0.3, -0.25) is 9.69 Å². The molecule has 7 nitrogen and oxygen atoms in total.